The van der Waals surface area contributed by atoms with Crippen molar-refractivity contribution in [3.63, 3.8) is 0 Å². The van der Waals surface area contributed by atoms with E-state index >= 15 is 0 Å². The average molecular weight is 123 g/mol. The Kier molecular flexibility index (Phi) is 2.37. The van der Waals surface area contributed by atoms with Crippen LogP contribution in [-0.2, 0) is 0 Å². The fraction of sp³-hybridized carbons (Fsp3) is 0.500. The molecule has 0 amide bonds. The van der Waals surface area contributed by atoms with Crippen molar-refractivity contribution >= 4 is 0 Å². The number of hydrogen-bond acceptors (Lipinski definition) is 1. The molecule has 0 bridgehead atoms. The highest BCUT2D eigenvalue weighted by Crippen LogP contribution is 2.06. The molecule has 1 nitrogen and oxygen atoms in total. The van der Waals surface area contributed by atoms with Gasteiger partial charge in [-0.3, -0.25) is 0 Å². The molecule has 0 saturated heterocycles. The molecule has 0 aliphatic heterocycles. The molecule has 0 aromatic rings. The van der Waals surface area contributed by atoms with Crippen LogP contribution in [0.5, 0.6) is 0 Å². The summed E-state index contributed by atoms with van der Waals surface area (Å²) in [6, 6.07) is 0. The molecule has 0 aromatic heterocycles. The van der Waals surface area contributed by atoms with Crippen LogP contribution in [0.15, 0.2) is 23.9 Å². The third kappa shape index (κ3) is 1.92. The quantitative estimate of drug-likeness (QED) is 0.552. The molecule has 0 saturated carbocycles. The third-order valence-electron chi connectivity index (χ3n) is 1.41. The zero-order chi connectivity index (χ0) is 6.53. The van der Waals surface area contributed by atoms with Crippen molar-refractivity contribution in [1.29, 1.82) is 0 Å². The van der Waals surface area contributed by atoms with Gasteiger partial charge in [0.15, 0.2) is 0 Å². The van der Waals surface area contributed by atoms with Crippen molar-refractivity contribution in [3.05, 3.63) is 23.9 Å². The Morgan fingerprint density at radius 1 is 1.56 bits per heavy atom. The van der Waals surface area contributed by atoms with Crippen molar-refractivity contribution in [2.24, 2.45) is 0 Å². The summed E-state index contributed by atoms with van der Waals surface area (Å²) >= 11 is 0. The molecule has 0 radical (unpaired) electrons. The van der Waals surface area contributed by atoms with Crippen molar-refractivity contribution in [2.45, 2.75) is 19.8 Å². The Morgan fingerprint density at radius 2 is 2.44 bits per heavy atom. The lowest BCUT2D eigenvalue weighted by atomic mass is 10.1. The van der Waals surface area contributed by atoms with E-state index in [0.29, 0.717) is 0 Å². The minimum absolute atomic E-state index is 1.04. The van der Waals surface area contributed by atoms with Crippen LogP contribution in [0.2, 0.25) is 0 Å². The lowest BCUT2D eigenvalue weighted by Crippen LogP contribution is -2.12. The zero-order valence-electron chi connectivity index (χ0n) is 5.85. The smallest absolute Gasteiger partial charge is 0.0115 e. The van der Waals surface area contributed by atoms with Crippen LogP contribution in [-0.4, -0.2) is 6.54 Å². The summed E-state index contributed by atoms with van der Waals surface area (Å²) in [7, 11) is 0. The SMILES string of the molecule is CCNC1=CCC=CC1. The fourth-order valence-electron chi connectivity index (χ4n) is 0.972. The molecule has 1 aliphatic rings. The van der Waals surface area contributed by atoms with E-state index in [1.54, 1.807) is 0 Å². The molecule has 0 aromatic carbocycles. The highest BCUT2D eigenvalue weighted by Gasteiger charge is 1.93. The van der Waals surface area contributed by atoms with Crippen LogP contribution >= 0.6 is 0 Å². The first-order chi connectivity index (χ1) is 4.43. The largest absolute Gasteiger partial charge is 0.389 e. The minimum Gasteiger partial charge on any atom is -0.389 e. The highest BCUT2D eigenvalue weighted by molar-refractivity contribution is 5.12. The molecule has 50 valence electrons. The Balaban J connectivity index is 2.32. The molecule has 1 heteroatoms. The molecule has 1 N–H and O–H groups in total. The number of allylic oxidation sites excluding steroid dienone is 3. The van der Waals surface area contributed by atoms with Crippen LogP contribution < -0.4 is 5.32 Å². The topological polar surface area (TPSA) is 12.0 Å². The molecular formula is C8H13N. The normalized spacial score (nSPS) is 17.2. The highest BCUT2D eigenvalue weighted by atomic mass is 14.9. The summed E-state index contributed by atoms with van der Waals surface area (Å²) in [6.07, 6.45) is 8.83. The van der Waals surface area contributed by atoms with Crippen molar-refractivity contribution in [2.75, 3.05) is 6.54 Å². The lowest BCUT2D eigenvalue weighted by Gasteiger charge is -2.08. The van der Waals surface area contributed by atoms with Crippen molar-refractivity contribution in [1.82, 2.24) is 5.32 Å². The Labute approximate surface area is 56.5 Å². The molecule has 0 fully saturated rings. The summed E-state index contributed by atoms with van der Waals surface area (Å²) in [4.78, 5) is 0. The maximum absolute atomic E-state index is 3.29. The van der Waals surface area contributed by atoms with E-state index in [2.05, 4.69) is 30.5 Å². The molecular weight excluding hydrogens is 110 g/mol. The van der Waals surface area contributed by atoms with Crippen LogP contribution in [0.3, 0.4) is 0 Å². The van der Waals surface area contributed by atoms with Gasteiger partial charge in [0.25, 0.3) is 0 Å². The van der Waals surface area contributed by atoms with E-state index in [1.807, 2.05) is 0 Å². The molecule has 0 unspecified atom stereocenters. The van der Waals surface area contributed by atoms with E-state index in [-0.39, 0.29) is 0 Å². The Morgan fingerprint density at radius 3 is 3.00 bits per heavy atom. The predicted molar refractivity (Wildman–Crippen MR) is 40.1 cm³/mol. The van der Waals surface area contributed by atoms with E-state index in [1.165, 1.54) is 5.70 Å². The monoisotopic (exact) mass is 123 g/mol. The maximum Gasteiger partial charge on any atom is 0.0115 e. The second kappa shape index (κ2) is 3.33. The number of hydrogen-bond donors (Lipinski definition) is 1. The van der Waals surface area contributed by atoms with Gasteiger partial charge in [0, 0.05) is 18.7 Å². The standard InChI is InChI=1S/C8H13N/c1-2-9-8-6-4-3-5-7-8/h3-4,7,9H,2,5-6H2,1H3. The molecule has 9 heavy (non-hydrogen) atoms. The second-order valence-corrected chi connectivity index (χ2v) is 2.17. The summed E-state index contributed by atoms with van der Waals surface area (Å²) < 4.78 is 0. The van der Waals surface area contributed by atoms with Gasteiger partial charge in [-0.1, -0.05) is 18.2 Å². The minimum atomic E-state index is 1.04. The van der Waals surface area contributed by atoms with E-state index in [4.69, 9.17) is 0 Å². The predicted octanol–water partition coefficient (Wildman–Crippen LogP) is 1.83. The van der Waals surface area contributed by atoms with Crippen LogP contribution in [0.4, 0.5) is 0 Å². The van der Waals surface area contributed by atoms with Gasteiger partial charge in [0.1, 0.15) is 0 Å². The third-order valence-corrected chi connectivity index (χ3v) is 1.41. The van der Waals surface area contributed by atoms with Gasteiger partial charge in [-0.05, 0) is 13.3 Å². The first-order valence-electron chi connectivity index (χ1n) is 3.51. The van der Waals surface area contributed by atoms with Crippen LogP contribution in [0.25, 0.3) is 0 Å². The molecule has 1 rings (SSSR count). The Hall–Kier alpha value is -0.720. The van der Waals surface area contributed by atoms with Crippen molar-refractivity contribution in [3.8, 4) is 0 Å². The molecule has 0 spiro atoms. The van der Waals surface area contributed by atoms with E-state index in [9.17, 15) is 0 Å². The first-order valence-corrected chi connectivity index (χ1v) is 3.51. The molecule has 1 aliphatic carbocycles. The van der Waals surface area contributed by atoms with Gasteiger partial charge in [0.05, 0.1) is 0 Å². The fourth-order valence-corrected chi connectivity index (χ4v) is 0.972. The Bertz CT molecular complexity index is 134. The van der Waals surface area contributed by atoms with Gasteiger partial charge in [-0.15, -0.1) is 0 Å². The summed E-state index contributed by atoms with van der Waals surface area (Å²) in [5.41, 5.74) is 1.38. The summed E-state index contributed by atoms with van der Waals surface area (Å²) in [6.45, 7) is 3.17. The van der Waals surface area contributed by atoms with Crippen LogP contribution in [0, 0.1) is 0 Å². The van der Waals surface area contributed by atoms with Crippen molar-refractivity contribution < 1.29 is 0 Å². The summed E-state index contributed by atoms with van der Waals surface area (Å²) in [5, 5.41) is 3.29. The zero-order valence-corrected chi connectivity index (χ0v) is 5.85. The maximum atomic E-state index is 3.29. The summed E-state index contributed by atoms with van der Waals surface area (Å²) in [5.74, 6) is 0. The lowest BCUT2D eigenvalue weighted by molar-refractivity contribution is 0.813. The van der Waals surface area contributed by atoms with Gasteiger partial charge in [-0.2, -0.15) is 0 Å². The van der Waals surface area contributed by atoms with Gasteiger partial charge in [-0.25, -0.2) is 0 Å². The number of rotatable bonds is 2. The van der Waals surface area contributed by atoms with E-state index < -0.39 is 0 Å². The molecule has 0 atom stereocenters. The average Bonchev–Trinajstić information content (AvgIpc) is 1.91. The van der Waals surface area contributed by atoms with Gasteiger partial charge >= 0.3 is 0 Å². The van der Waals surface area contributed by atoms with Crippen LogP contribution in [0.1, 0.15) is 19.8 Å². The van der Waals surface area contributed by atoms with Gasteiger partial charge < -0.3 is 5.32 Å². The van der Waals surface area contributed by atoms with Gasteiger partial charge in [0.2, 0.25) is 0 Å². The second-order valence-electron chi connectivity index (χ2n) is 2.17. The first kappa shape index (κ1) is 6.40. The number of nitrogens with one attached hydrogen (secondary N) is 1. The van der Waals surface area contributed by atoms with E-state index in [0.717, 1.165) is 19.4 Å². The molecule has 0 heterocycles.